The maximum absolute atomic E-state index is 12.3. The molecule has 3 rings (SSSR count). The van der Waals surface area contributed by atoms with Gasteiger partial charge in [-0.15, -0.1) is 0 Å². The van der Waals surface area contributed by atoms with Crippen molar-refractivity contribution in [3.8, 4) is 5.75 Å². The molecule has 0 aromatic heterocycles. The molecule has 0 radical (unpaired) electrons. The fourth-order valence-electron chi connectivity index (χ4n) is 2.45. The highest BCUT2D eigenvalue weighted by Gasteiger charge is 2.30. The number of fused-ring (bicyclic) bond motifs is 1. The average molecular weight is 318 g/mol. The summed E-state index contributed by atoms with van der Waals surface area (Å²) in [5.74, 6) is 0.304. The van der Waals surface area contributed by atoms with Gasteiger partial charge in [0.2, 0.25) is 0 Å². The monoisotopic (exact) mass is 318 g/mol. The van der Waals surface area contributed by atoms with Crippen LogP contribution in [0.5, 0.6) is 5.75 Å². The summed E-state index contributed by atoms with van der Waals surface area (Å²) in [5.41, 5.74) is 1.24. The van der Waals surface area contributed by atoms with Crippen molar-refractivity contribution >= 4 is 18.7 Å². The Balaban J connectivity index is 1.96. The molecule has 0 saturated heterocycles. The van der Waals surface area contributed by atoms with Crippen LogP contribution in [0.4, 0.5) is 0 Å². The lowest BCUT2D eigenvalue weighted by atomic mass is 9.96. The van der Waals surface area contributed by atoms with E-state index in [9.17, 15) is 14.3 Å². The van der Waals surface area contributed by atoms with Crippen LogP contribution in [0.15, 0.2) is 48.5 Å². The molecular formula is C16H15O5P. The van der Waals surface area contributed by atoms with E-state index in [2.05, 4.69) is 4.52 Å². The Kier molecular flexibility index (Phi) is 3.87. The summed E-state index contributed by atoms with van der Waals surface area (Å²) >= 11 is 0. The molecule has 5 nitrogen and oxygen atoms in total. The summed E-state index contributed by atoms with van der Waals surface area (Å²) in [5, 5.41) is 0.0869. The van der Waals surface area contributed by atoms with Gasteiger partial charge in [-0.2, -0.15) is 0 Å². The fourth-order valence-corrected chi connectivity index (χ4v) is 3.21. The Hall–Kier alpha value is -1.94. The molecule has 2 unspecified atom stereocenters. The van der Waals surface area contributed by atoms with Crippen molar-refractivity contribution in [1.29, 1.82) is 0 Å². The molecule has 1 aliphatic heterocycles. The Bertz CT molecular complexity index is 756. The van der Waals surface area contributed by atoms with E-state index in [0.29, 0.717) is 11.3 Å². The molecule has 1 N–H and O–H groups in total. The second-order valence-corrected chi connectivity index (χ2v) is 6.95. The highest BCUT2D eigenvalue weighted by atomic mass is 31.2. The van der Waals surface area contributed by atoms with E-state index in [1.807, 2.05) is 30.3 Å². The SMILES string of the molecule is COP(=O)(O)c1ccc2c(c1)C(=O)CC(c1ccccc1)O2. The summed E-state index contributed by atoms with van der Waals surface area (Å²) in [4.78, 5) is 22.0. The summed E-state index contributed by atoms with van der Waals surface area (Å²) in [6.45, 7) is 0. The highest BCUT2D eigenvalue weighted by Crippen LogP contribution is 2.42. The van der Waals surface area contributed by atoms with Gasteiger partial charge in [-0.05, 0) is 23.8 Å². The van der Waals surface area contributed by atoms with Crippen LogP contribution in [0.25, 0.3) is 0 Å². The Morgan fingerprint density at radius 2 is 1.95 bits per heavy atom. The van der Waals surface area contributed by atoms with Crippen LogP contribution in [0.2, 0.25) is 0 Å². The number of Topliss-reactive ketones (excluding diaryl/α,β-unsaturated/α-hetero) is 1. The van der Waals surface area contributed by atoms with Crippen molar-refractivity contribution in [2.45, 2.75) is 12.5 Å². The molecule has 0 amide bonds. The summed E-state index contributed by atoms with van der Waals surface area (Å²) in [7, 11) is -2.72. The van der Waals surface area contributed by atoms with Gasteiger partial charge in [-0.25, -0.2) is 0 Å². The average Bonchev–Trinajstić information content (AvgIpc) is 2.55. The normalized spacial score (nSPS) is 19.9. The molecule has 22 heavy (non-hydrogen) atoms. The molecule has 2 aromatic carbocycles. The first-order valence-corrected chi connectivity index (χ1v) is 8.37. The number of ketones is 1. The van der Waals surface area contributed by atoms with Gasteiger partial charge in [0.25, 0.3) is 0 Å². The Morgan fingerprint density at radius 3 is 2.64 bits per heavy atom. The van der Waals surface area contributed by atoms with E-state index in [-0.39, 0.29) is 23.6 Å². The Labute approximate surface area is 128 Å². The van der Waals surface area contributed by atoms with Crippen LogP contribution in [0, 0.1) is 0 Å². The van der Waals surface area contributed by atoms with E-state index in [4.69, 9.17) is 4.74 Å². The van der Waals surface area contributed by atoms with Crippen molar-refractivity contribution in [2.24, 2.45) is 0 Å². The van der Waals surface area contributed by atoms with Gasteiger partial charge in [0, 0.05) is 7.11 Å². The molecule has 0 bridgehead atoms. The largest absolute Gasteiger partial charge is 0.484 e. The van der Waals surface area contributed by atoms with Gasteiger partial charge < -0.3 is 14.2 Å². The van der Waals surface area contributed by atoms with Crippen LogP contribution in [-0.4, -0.2) is 17.8 Å². The number of hydrogen-bond acceptors (Lipinski definition) is 4. The van der Waals surface area contributed by atoms with Crippen LogP contribution >= 0.6 is 7.60 Å². The van der Waals surface area contributed by atoms with Crippen molar-refractivity contribution in [2.75, 3.05) is 7.11 Å². The zero-order valence-electron chi connectivity index (χ0n) is 11.9. The molecular weight excluding hydrogens is 303 g/mol. The minimum Gasteiger partial charge on any atom is -0.484 e. The minimum atomic E-state index is -3.88. The lowest BCUT2D eigenvalue weighted by molar-refractivity contribution is 0.0850. The maximum Gasteiger partial charge on any atom is 0.358 e. The van der Waals surface area contributed by atoms with Crippen LogP contribution in [-0.2, 0) is 9.09 Å². The molecule has 2 atom stereocenters. The minimum absolute atomic E-state index is 0.0869. The fraction of sp³-hybridized carbons (Fsp3) is 0.188. The standard InChI is InChI=1S/C16H15O5P/c1-20-22(18,19)12-7-8-15-13(9-12)14(17)10-16(21-15)11-5-3-2-4-6-11/h2-9,16H,10H2,1H3,(H,18,19). The highest BCUT2D eigenvalue weighted by molar-refractivity contribution is 7.61. The molecule has 6 heteroatoms. The third kappa shape index (κ3) is 2.71. The van der Waals surface area contributed by atoms with E-state index in [1.54, 1.807) is 6.07 Å². The number of ether oxygens (including phenoxy) is 1. The van der Waals surface area contributed by atoms with Gasteiger partial charge in [-0.1, -0.05) is 30.3 Å². The molecule has 1 heterocycles. The molecule has 2 aromatic rings. The van der Waals surface area contributed by atoms with Gasteiger partial charge in [0.1, 0.15) is 11.9 Å². The number of benzene rings is 2. The van der Waals surface area contributed by atoms with E-state index >= 15 is 0 Å². The predicted molar refractivity (Wildman–Crippen MR) is 81.7 cm³/mol. The quantitative estimate of drug-likeness (QED) is 0.881. The van der Waals surface area contributed by atoms with Gasteiger partial charge in [0.05, 0.1) is 17.3 Å². The lowest BCUT2D eigenvalue weighted by Gasteiger charge is -2.26. The zero-order valence-corrected chi connectivity index (χ0v) is 12.8. The number of hydrogen-bond donors (Lipinski definition) is 1. The molecule has 114 valence electrons. The molecule has 0 spiro atoms. The van der Waals surface area contributed by atoms with E-state index < -0.39 is 7.60 Å². The first kappa shape index (κ1) is 15.0. The van der Waals surface area contributed by atoms with E-state index in [0.717, 1.165) is 12.7 Å². The smallest absolute Gasteiger partial charge is 0.358 e. The molecule has 0 aliphatic carbocycles. The topological polar surface area (TPSA) is 72.8 Å². The number of carbonyl (C=O) groups is 1. The van der Waals surface area contributed by atoms with Crippen LogP contribution < -0.4 is 10.0 Å². The van der Waals surface area contributed by atoms with Crippen LogP contribution in [0.3, 0.4) is 0 Å². The third-order valence-electron chi connectivity index (χ3n) is 3.65. The zero-order chi connectivity index (χ0) is 15.7. The first-order valence-electron chi connectivity index (χ1n) is 6.79. The lowest BCUT2D eigenvalue weighted by Crippen LogP contribution is -2.22. The summed E-state index contributed by atoms with van der Waals surface area (Å²) in [6.07, 6.45) is -0.140. The van der Waals surface area contributed by atoms with Gasteiger partial charge >= 0.3 is 7.60 Å². The molecule has 1 aliphatic rings. The third-order valence-corrected chi connectivity index (χ3v) is 5.07. The predicted octanol–water partition coefficient (Wildman–Crippen LogP) is 2.85. The van der Waals surface area contributed by atoms with E-state index in [1.165, 1.54) is 12.1 Å². The number of carbonyl (C=O) groups excluding carboxylic acids is 1. The van der Waals surface area contributed by atoms with Gasteiger partial charge in [-0.3, -0.25) is 9.36 Å². The van der Waals surface area contributed by atoms with Crippen molar-refractivity contribution in [1.82, 2.24) is 0 Å². The summed E-state index contributed by atoms with van der Waals surface area (Å²) < 4.78 is 22.3. The first-order chi connectivity index (χ1) is 10.5. The van der Waals surface area contributed by atoms with Crippen molar-refractivity contribution in [3.63, 3.8) is 0 Å². The molecule has 0 fully saturated rings. The van der Waals surface area contributed by atoms with Crippen molar-refractivity contribution in [3.05, 3.63) is 59.7 Å². The molecule has 0 saturated carbocycles. The Morgan fingerprint density at radius 1 is 1.23 bits per heavy atom. The summed E-state index contributed by atoms with van der Waals surface area (Å²) in [6, 6.07) is 13.9. The second-order valence-electron chi connectivity index (χ2n) is 5.03. The number of rotatable bonds is 3. The van der Waals surface area contributed by atoms with Crippen LogP contribution in [0.1, 0.15) is 28.4 Å². The second kappa shape index (κ2) is 5.69. The van der Waals surface area contributed by atoms with Gasteiger partial charge in [0.15, 0.2) is 5.78 Å². The van der Waals surface area contributed by atoms with Crippen molar-refractivity contribution < 1.29 is 23.5 Å². The maximum atomic E-state index is 12.3.